The predicted octanol–water partition coefficient (Wildman–Crippen LogP) is 4.08. The molecule has 0 aromatic rings. The Bertz CT molecular complexity index is 540. The van der Waals surface area contributed by atoms with Gasteiger partial charge in [0.25, 0.3) is 0 Å². The van der Waals surface area contributed by atoms with Gasteiger partial charge in [0.15, 0.2) is 0 Å². The van der Waals surface area contributed by atoms with E-state index in [1.165, 1.54) is 38.5 Å². The Balaban J connectivity index is 1.61. The quantitative estimate of drug-likeness (QED) is 0.548. The normalized spacial score (nSPS) is 37.8. The van der Waals surface area contributed by atoms with Gasteiger partial charge in [0.1, 0.15) is 12.0 Å². The summed E-state index contributed by atoms with van der Waals surface area (Å²) < 4.78 is 5.87. The highest BCUT2D eigenvalue weighted by Gasteiger charge is 2.52. The molecule has 1 saturated heterocycles. The smallest absolute Gasteiger partial charge is 0.315 e. The van der Waals surface area contributed by atoms with Crippen molar-refractivity contribution in [3.05, 3.63) is 11.6 Å². The average Bonchev–Trinajstić information content (AvgIpc) is 2.84. The number of fused-ring (bicyclic) bond motifs is 2. The summed E-state index contributed by atoms with van der Waals surface area (Å²) in [6.07, 6.45) is 11.3. The second-order valence-electron chi connectivity index (χ2n) is 10.1. The molecule has 0 aromatic carbocycles. The monoisotopic (exact) mass is 362 g/mol. The van der Waals surface area contributed by atoms with E-state index in [-0.39, 0.29) is 23.4 Å². The minimum Gasteiger partial charge on any atom is -0.461 e. The minimum atomic E-state index is 0.0531. The van der Waals surface area contributed by atoms with E-state index in [1.54, 1.807) is 5.57 Å². The van der Waals surface area contributed by atoms with Crippen LogP contribution in [-0.4, -0.2) is 24.7 Å². The highest BCUT2D eigenvalue weighted by atomic mass is 16.6. The molecule has 1 aliphatic heterocycles. The van der Waals surface area contributed by atoms with E-state index in [0.29, 0.717) is 17.9 Å². The third kappa shape index (κ3) is 4.18. The summed E-state index contributed by atoms with van der Waals surface area (Å²) in [5.41, 5.74) is 1.89. The molecule has 3 nitrogen and oxygen atoms in total. The summed E-state index contributed by atoms with van der Waals surface area (Å²) in [7, 11) is 0. The van der Waals surface area contributed by atoms with Crippen LogP contribution in [0, 0.1) is 29.1 Å². The van der Waals surface area contributed by atoms with Crippen LogP contribution in [0.4, 0.5) is 0 Å². The number of hydrogen-bond donors (Lipinski definition) is 1. The molecule has 3 heteroatoms. The summed E-state index contributed by atoms with van der Waals surface area (Å²) in [5.74, 6) is 1.87. The van der Waals surface area contributed by atoms with Gasteiger partial charge in [0.05, 0.1) is 12.6 Å². The molecule has 148 valence electrons. The van der Waals surface area contributed by atoms with Gasteiger partial charge in [-0.15, -0.1) is 0 Å². The molecule has 3 rings (SSSR count). The van der Waals surface area contributed by atoms with Gasteiger partial charge in [-0.2, -0.15) is 0 Å². The molecule has 3 aliphatic rings. The van der Waals surface area contributed by atoms with Crippen molar-refractivity contribution in [2.75, 3.05) is 6.54 Å². The zero-order chi connectivity index (χ0) is 18.9. The van der Waals surface area contributed by atoms with Gasteiger partial charge in [-0.3, -0.25) is 4.79 Å². The number of allylic oxidation sites excluding steroid dienone is 1. The van der Waals surface area contributed by atoms with Crippen molar-refractivity contribution < 1.29 is 14.8 Å². The average molecular weight is 363 g/mol. The fraction of sp³-hybridized carbons (Fsp3) is 0.870. The van der Waals surface area contributed by atoms with Crippen molar-refractivity contribution in [3.8, 4) is 0 Å². The van der Waals surface area contributed by atoms with E-state index in [4.69, 9.17) is 4.74 Å². The van der Waals surface area contributed by atoms with Gasteiger partial charge in [-0.25, -0.2) is 0 Å². The second kappa shape index (κ2) is 8.04. The Kier molecular flexibility index (Phi) is 6.16. The Morgan fingerprint density at radius 1 is 1.31 bits per heavy atom. The number of ether oxygens (including phenoxy) is 1. The Morgan fingerprint density at radius 2 is 2.08 bits per heavy atom. The Hall–Kier alpha value is -0.830. The molecular weight excluding hydrogens is 322 g/mol. The SMILES string of the molecule is CC(C)CCC[C@@H](C)[NH2+]C[C@@H]1C(=O)O[C@@H]2C[C@@]3(C)CCC[C@@H](C)C3=C[C@H]12. The van der Waals surface area contributed by atoms with Crippen molar-refractivity contribution in [2.45, 2.75) is 91.7 Å². The summed E-state index contributed by atoms with van der Waals surface area (Å²) >= 11 is 0. The first kappa shape index (κ1) is 19.9. The highest BCUT2D eigenvalue weighted by Crippen LogP contribution is 2.53. The first-order valence-electron chi connectivity index (χ1n) is 11.1. The maximum absolute atomic E-state index is 12.6. The fourth-order valence-electron chi connectivity index (χ4n) is 5.66. The topological polar surface area (TPSA) is 42.9 Å². The lowest BCUT2D eigenvalue weighted by Gasteiger charge is -2.45. The lowest BCUT2D eigenvalue weighted by Crippen LogP contribution is -2.90. The number of hydrogen-bond acceptors (Lipinski definition) is 2. The van der Waals surface area contributed by atoms with Gasteiger partial charge in [-0.05, 0) is 56.3 Å². The Labute approximate surface area is 160 Å². The standard InChI is InChI=1S/C23H39NO2/c1-15(2)8-6-10-17(4)24-14-19-18-12-20-16(3)9-7-11-23(20,5)13-21(18)26-22(19)25/h12,15-19,21,24H,6-11,13-14H2,1-5H3/p+1/t16-,17-,18-,19+,21-,23-/m1/s1. The second-order valence-corrected chi connectivity index (χ2v) is 10.1. The third-order valence-corrected chi connectivity index (χ3v) is 7.31. The van der Waals surface area contributed by atoms with Crippen molar-refractivity contribution in [2.24, 2.45) is 29.1 Å². The van der Waals surface area contributed by atoms with Crippen LogP contribution in [0.5, 0.6) is 0 Å². The highest BCUT2D eigenvalue weighted by molar-refractivity contribution is 5.76. The van der Waals surface area contributed by atoms with E-state index in [0.717, 1.165) is 18.9 Å². The number of rotatable bonds is 7. The summed E-state index contributed by atoms with van der Waals surface area (Å²) in [5, 5.41) is 2.39. The van der Waals surface area contributed by atoms with Gasteiger partial charge < -0.3 is 10.1 Å². The van der Waals surface area contributed by atoms with Crippen LogP contribution in [-0.2, 0) is 9.53 Å². The molecule has 6 atom stereocenters. The van der Waals surface area contributed by atoms with E-state index in [2.05, 4.69) is 46.0 Å². The number of carbonyl (C=O) groups is 1. The molecule has 0 spiro atoms. The number of carbonyl (C=O) groups excluding carboxylic acids is 1. The lowest BCUT2D eigenvalue weighted by atomic mass is 9.59. The Morgan fingerprint density at radius 3 is 2.81 bits per heavy atom. The first-order valence-corrected chi connectivity index (χ1v) is 11.1. The number of nitrogens with two attached hydrogens (primary N) is 1. The predicted molar refractivity (Wildman–Crippen MR) is 106 cm³/mol. The molecule has 1 saturated carbocycles. The van der Waals surface area contributed by atoms with E-state index >= 15 is 0 Å². The van der Waals surface area contributed by atoms with Gasteiger partial charge in [0, 0.05) is 5.92 Å². The van der Waals surface area contributed by atoms with E-state index in [1.807, 2.05) is 0 Å². The first-order chi connectivity index (χ1) is 12.3. The molecule has 0 radical (unpaired) electrons. The van der Waals surface area contributed by atoms with Gasteiger partial charge >= 0.3 is 5.97 Å². The van der Waals surface area contributed by atoms with E-state index in [9.17, 15) is 4.79 Å². The molecule has 1 heterocycles. The summed E-state index contributed by atoms with van der Waals surface area (Å²) in [6.45, 7) is 12.5. The number of esters is 1. The zero-order valence-electron chi connectivity index (χ0n) is 17.6. The maximum Gasteiger partial charge on any atom is 0.315 e. The zero-order valence-corrected chi connectivity index (χ0v) is 17.6. The van der Waals surface area contributed by atoms with Crippen LogP contribution in [0.3, 0.4) is 0 Å². The van der Waals surface area contributed by atoms with E-state index < -0.39 is 0 Å². The molecule has 0 bridgehead atoms. The lowest BCUT2D eigenvalue weighted by molar-refractivity contribution is -0.690. The van der Waals surface area contributed by atoms with Crippen LogP contribution < -0.4 is 5.32 Å². The molecule has 2 N–H and O–H groups in total. The summed E-state index contributed by atoms with van der Waals surface area (Å²) in [4.78, 5) is 12.6. The fourth-order valence-corrected chi connectivity index (χ4v) is 5.66. The molecule has 26 heavy (non-hydrogen) atoms. The maximum atomic E-state index is 12.6. The summed E-state index contributed by atoms with van der Waals surface area (Å²) in [6, 6.07) is 0.593. The van der Waals surface area contributed by atoms with Crippen LogP contribution in [0.15, 0.2) is 11.6 Å². The molecule has 0 aromatic heterocycles. The van der Waals surface area contributed by atoms with Crippen LogP contribution in [0.25, 0.3) is 0 Å². The van der Waals surface area contributed by atoms with Crippen LogP contribution in [0.2, 0.25) is 0 Å². The van der Waals surface area contributed by atoms with Crippen molar-refractivity contribution in [1.29, 1.82) is 0 Å². The molecular formula is C23H40NO2+. The minimum absolute atomic E-state index is 0.0531. The molecule has 0 unspecified atom stereocenters. The largest absolute Gasteiger partial charge is 0.461 e. The third-order valence-electron chi connectivity index (χ3n) is 7.31. The number of quaternary nitrogens is 1. The van der Waals surface area contributed by atoms with Crippen LogP contribution >= 0.6 is 0 Å². The van der Waals surface area contributed by atoms with Crippen molar-refractivity contribution in [1.82, 2.24) is 0 Å². The molecule has 2 fully saturated rings. The van der Waals surface area contributed by atoms with Gasteiger partial charge in [-0.1, -0.05) is 52.2 Å². The van der Waals surface area contributed by atoms with Crippen LogP contribution in [0.1, 0.15) is 79.6 Å². The molecule has 2 aliphatic carbocycles. The van der Waals surface area contributed by atoms with Gasteiger partial charge in [0.2, 0.25) is 0 Å². The van der Waals surface area contributed by atoms with Crippen molar-refractivity contribution in [3.63, 3.8) is 0 Å². The van der Waals surface area contributed by atoms with Crippen molar-refractivity contribution >= 4 is 5.97 Å². The molecule has 0 amide bonds.